The van der Waals surface area contributed by atoms with Gasteiger partial charge < -0.3 is 11.1 Å². The molecular weight excluding hydrogens is 275 g/mol. The molecule has 0 aliphatic carbocycles. The Hall–Kier alpha value is -0.940. The van der Waals surface area contributed by atoms with E-state index in [9.17, 15) is 9.18 Å². The van der Waals surface area contributed by atoms with E-state index >= 15 is 0 Å². The maximum atomic E-state index is 13.1. The molecule has 0 saturated heterocycles. The van der Waals surface area contributed by atoms with Crippen LogP contribution in [0.15, 0.2) is 22.7 Å². The molecule has 0 bridgehead atoms. The van der Waals surface area contributed by atoms with E-state index in [2.05, 4.69) is 21.2 Å². The van der Waals surface area contributed by atoms with Crippen LogP contribution < -0.4 is 11.1 Å². The molecule has 1 aromatic carbocycles. The topological polar surface area (TPSA) is 55.1 Å². The summed E-state index contributed by atoms with van der Waals surface area (Å²) in [7, 11) is 0. The van der Waals surface area contributed by atoms with Crippen molar-refractivity contribution in [3.8, 4) is 0 Å². The summed E-state index contributed by atoms with van der Waals surface area (Å²) in [6.07, 6.45) is 0. The Bertz CT molecular complexity index is 387. The van der Waals surface area contributed by atoms with Crippen LogP contribution in [0.5, 0.6) is 0 Å². The van der Waals surface area contributed by atoms with E-state index in [1.54, 1.807) is 19.9 Å². The SMILES string of the molecule is CC(C)(CN)NC(=O)c1cc(F)cc(Br)c1. The van der Waals surface area contributed by atoms with Crippen molar-refractivity contribution in [3.05, 3.63) is 34.1 Å². The number of halogens is 2. The standard InChI is InChI=1S/C11H14BrFN2O/c1-11(2,6-14)15-10(16)7-3-8(12)5-9(13)4-7/h3-5H,6,14H2,1-2H3,(H,15,16). The van der Waals surface area contributed by atoms with Crippen LogP contribution in [0.4, 0.5) is 4.39 Å². The highest BCUT2D eigenvalue weighted by molar-refractivity contribution is 9.10. The van der Waals surface area contributed by atoms with E-state index in [0.717, 1.165) is 0 Å². The first-order chi connectivity index (χ1) is 7.34. The zero-order chi connectivity index (χ0) is 12.3. The van der Waals surface area contributed by atoms with Gasteiger partial charge in [0.25, 0.3) is 5.91 Å². The molecule has 0 spiro atoms. The van der Waals surface area contributed by atoms with Gasteiger partial charge in [-0.15, -0.1) is 0 Å². The minimum Gasteiger partial charge on any atom is -0.346 e. The lowest BCUT2D eigenvalue weighted by Gasteiger charge is -2.24. The largest absolute Gasteiger partial charge is 0.346 e. The summed E-state index contributed by atoms with van der Waals surface area (Å²) in [6, 6.07) is 4.04. The van der Waals surface area contributed by atoms with Gasteiger partial charge in [0, 0.05) is 22.1 Å². The van der Waals surface area contributed by atoms with Gasteiger partial charge in [-0.05, 0) is 32.0 Å². The summed E-state index contributed by atoms with van der Waals surface area (Å²) >= 11 is 3.13. The fourth-order valence-electron chi connectivity index (χ4n) is 1.12. The van der Waals surface area contributed by atoms with Crippen molar-refractivity contribution in [1.82, 2.24) is 5.32 Å². The lowest BCUT2D eigenvalue weighted by atomic mass is 10.1. The first kappa shape index (κ1) is 13.1. The molecular formula is C11H14BrFN2O. The minimum atomic E-state index is -0.504. The Morgan fingerprint density at radius 2 is 2.12 bits per heavy atom. The quantitative estimate of drug-likeness (QED) is 0.895. The van der Waals surface area contributed by atoms with Crippen molar-refractivity contribution in [3.63, 3.8) is 0 Å². The molecule has 0 aliphatic heterocycles. The Balaban J connectivity index is 2.89. The Morgan fingerprint density at radius 1 is 1.50 bits per heavy atom. The summed E-state index contributed by atoms with van der Waals surface area (Å²) in [6.45, 7) is 3.92. The third kappa shape index (κ3) is 3.57. The van der Waals surface area contributed by atoms with Gasteiger partial charge in [-0.1, -0.05) is 15.9 Å². The normalized spacial score (nSPS) is 11.3. The molecule has 5 heteroatoms. The Morgan fingerprint density at radius 3 is 2.62 bits per heavy atom. The summed E-state index contributed by atoms with van der Waals surface area (Å²) in [4.78, 5) is 11.8. The maximum Gasteiger partial charge on any atom is 0.251 e. The summed E-state index contributed by atoms with van der Waals surface area (Å²) in [5.74, 6) is -0.791. The molecule has 0 fully saturated rings. The number of rotatable bonds is 3. The zero-order valence-electron chi connectivity index (χ0n) is 9.18. The monoisotopic (exact) mass is 288 g/mol. The molecule has 16 heavy (non-hydrogen) atoms. The molecule has 0 unspecified atom stereocenters. The van der Waals surface area contributed by atoms with Crippen molar-refractivity contribution < 1.29 is 9.18 Å². The van der Waals surface area contributed by atoms with Gasteiger partial charge in [-0.25, -0.2) is 4.39 Å². The molecule has 1 amide bonds. The predicted molar refractivity (Wildman–Crippen MR) is 64.7 cm³/mol. The van der Waals surface area contributed by atoms with E-state index in [4.69, 9.17) is 5.73 Å². The van der Waals surface area contributed by atoms with Gasteiger partial charge in [0.1, 0.15) is 5.82 Å². The van der Waals surface area contributed by atoms with Gasteiger partial charge in [-0.2, -0.15) is 0 Å². The van der Waals surface area contributed by atoms with E-state index in [1.165, 1.54) is 12.1 Å². The smallest absolute Gasteiger partial charge is 0.251 e. The van der Waals surface area contributed by atoms with E-state index < -0.39 is 11.4 Å². The van der Waals surface area contributed by atoms with Crippen LogP contribution in [0.1, 0.15) is 24.2 Å². The predicted octanol–water partition coefficient (Wildman–Crippen LogP) is 2.06. The highest BCUT2D eigenvalue weighted by atomic mass is 79.9. The van der Waals surface area contributed by atoms with Gasteiger partial charge >= 0.3 is 0 Å². The van der Waals surface area contributed by atoms with Crippen LogP contribution in [0, 0.1) is 5.82 Å². The van der Waals surface area contributed by atoms with Gasteiger partial charge in [0.05, 0.1) is 0 Å². The van der Waals surface area contributed by atoms with Crippen molar-refractivity contribution >= 4 is 21.8 Å². The number of benzene rings is 1. The van der Waals surface area contributed by atoms with Crippen LogP contribution >= 0.6 is 15.9 Å². The third-order valence-corrected chi connectivity index (χ3v) is 2.54. The molecule has 0 saturated carbocycles. The number of amides is 1. The number of hydrogen-bond donors (Lipinski definition) is 2. The Kier molecular flexibility index (Phi) is 4.04. The number of hydrogen-bond acceptors (Lipinski definition) is 2. The van der Waals surface area contributed by atoms with E-state index in [1.807, 2.05) is 0 Å². The molecule has 1 rings (SSSR count). The number of carbonyl (C=O) groups is 1. The third-order valence-electron chi connectivity index (χ3n) is 2.09. The second-order valence-corrected chi connectivity index (χ2v) is 5.12. The zero-order valence-corrected chi connectivity index (χ0v) is 10.8. The summed E-state index contributed by atoms with van der Waals surface area (Å²) in [5.41, 5.74) is 5.26. The summed E-state index contributed by atoms with van der Waals surface area (Å²) in [5, 5.41) is 2.73. The molecule has 0 heterocycles. The van der Waals surface area contributed by atoms with Gasteiger partial charge in [0.15, 0.2) is 0 Å². The van der Waals surface area contributed by atoms with Crippen LogP contribution in [0.3, 0.4) is 0 Å². The summed E-state index contributed by atoms with van der Waals surface area (Å²) < 4.78 is 13.6. The second kappa shape index (κ2) is 4.93. The average Bonchev–Trinajstić information content (AvgIpc) is 2.15. The van der Waals surface area contributed by atoms with Crippen molar-refractivity contribution in [2.24, 2.45) is 5.73 Å². The van der Waals surface area contributed by atoms with Crippen molar-refractivity contribution in [2.75, 3.05) is 6.54 Å². The molecule has 0 aromatic heterocycles. The highest BCUT2D eigenvalue weighted by Gasteiger charge is 2.19. The fraction of sp³-hybridized carbons (Fsp3) is 0.364. The molecule has 88 valence electrons. The van der Waals surface area contributed by atoms with Gasteiger partial charge in [-0.3, -0.25) is 4.79 Å². The molecule has 3 nitrogen and oxygen atoms in total. The highest BCUT2D eigenvalue weighted by Crippen LogP contribution is 2.15. The van der Waals surface area contributed by atoms with Crippen molar-refractivity contribution in [2.45, 2.75) is 19.4 Å². The average molecular weight is 289 g/mol. The molecule has 0 aliphatic rings. The first-order valence-electron chi connectivity index (χ1n) is 4.83. The lowest BCUT2D eigenvalue weighted by molar-refractivity contribution is 0.0915. The van der Waals surface area contributed by atoms with Crippen LogP contribution in [0.2, 0.25) is 0 Å². The Labute approximate surface area is 102 Å². The number of carbonyl (C=O) groups excluding carboxylic acids is 1. The van der Waals surface area contributed by atoms with Crippen LogP contribution in [-0.4, -0.2) is 18.0 Å². The van der Waals surface area contributed by atoms with E-state index in [-0.39, 0.29) is 11.5 Å². The fourth-order valence-corrected chi connectivity index (χ4v) is 1.58. The lowest BCUT2D eigenvalue weighted by Crippen LogP contribution is -2.48. The van der Waals surface area contributed by atoms with Gasteiger partial charge in [0.2, 0.25) is 0 Å². The number of nitrogens with one attached hydrogen (secondary N) is 1. The van der Waals surface area contributed by atoms with Crippen molar-refractivity contribution in [1.29, 1.82) is 0 Å². The molecule has 0 radical (unpaired) electrons. The maximum absolute atomic E-state index is 13.1. The first-order valence-corrected chi connectivity index (χ1v) is 5.62. The van der Waals surface area contributed by atoms with Crippen LogP contribution in [-0.2, 0) is 0 Å². The molecule has 1 aromatic rings. The van der Waals surface area contributed by atoms with Crippen LogP contribution in [0.25, 0.3) is 0 Å². The molecule has 3 N–H and O–H groups in total. The number of nitrogens with two attached hydrogens (primary N) is 1. The van der Waals surface area contributed by atoms with E-state index in [0.29, 0.717) is 11.0 Å². The minimum absolute atomic E-state index is 0.272. The molecule has 0 atom stereocenters. The second-order valence-electron chi connectivity index (χ2n) is 4.20.